The first-order valence-electron chi connectivity index (χ1n) is 7.02. The molecule has 6 nitrogen and oxygen atoms in total. The third-order valence-corrected chi connectivity index (χ3v) is 3.58. The van der Waals surface area contributed by atoms with Crippen LogP contribution in [-0.4, -0.2) is 25.5 Å². The summed E-state index contributed by atoms with van der Waals surface area (Å²) in [6.07, 6.45) is 5.31. The molecular formula is C16H17N5O. The maximum absolute atomic E-state index is 12.3. The van der Waals surface area contributed by atoms with Crippen molar-refractivity contribution in [2.75, 3.05) is 5.32 Å². The van der Waals surface area contributed by atoms with Crippen LogP contribution in [0.1, 0.15) is 21.6 Å². The van der Waals surface area contributed by atoms with Gasteiger partial charge in [-0.3, -0.25) is 14.2 Å². The van der Waals surface area contributed by atoms with E-state index in [2.05, 4.69) is 15.5 Å². The topological polar surface area (TPSA) is 64.7 Å². The third kappa shape index (κ3) is 2.90. The van der Waals surface area contributed by atoms with Crippen molar-refractivity contribution in [3.05, 3.63) is 65.7 Å². The van der Waals surface area contributed by atoms with Crippen molar-refractivity contribution in [1.82, 2.24) is 19.6 Å². The van der Waals surface area contributed by atoms with E-state index in [-0.39, 0.29) is 5.91 Å². The minimum Gasteiger partial charge on any atom is -0.320 e. The summed E-state index contributed by atoms with van der Waals surface area (Å²) in [5.74, 6) is -0.215. The van der Waals surface area contributed by atoms with Crippen molar-refractivity contribution >= 4 is 11.6 Å². The fourth-order valence-electron chi connectivity index (χ4n) is 2.17. The highest BCUT2D eigenvalue weighted by Crippen LogP contribution is 2.18. The normalized spacial score (nSPS) is 10.6. The first-order valence-corrected chi connectivity index (χ1v) is 7.02. The third-order valence-electron chi connectivity index (χ3n) is 3.58. The van der Waals surface area contributed by atoms with Gasteiger partial charge in [0.15, 0.2) is 5.69 Å². The minimum absolute atomic E-state index is 0.215. The lowest BCUT2D eigenvalue weighted by Crippen LogP contribution is -2.15. The van der Waals surface area contributed by atoms with E-state index < -0.39 is 0 Å². The van der Waals surface area contributed by atoms with E-state index in [9.17, 15) is 4.79 Å². The summed E-state index contributed by atoms with van der Waals surface area (Å²) in [5.41, 5.74) is 3.40. The molecule has 0 aliphatic carbocycles. The molecule has 112 valence electrons. The van der Waals surface area contributed by atoms with E-state index in [1.165, 1.54) is 0 Å². The van der Waals surface area contributed by atoms with Gasteiger partial charge in [-0.2, -0.15) is 10.2 Å². The van der Waals surface area contributed by atoms with E-state index in [0.717, 1.165) is 16.8 Å². The minimum atomic E-state index is -0.215. The van der Waals surface area contributed by atoms with E-state index in [1.807, 2.05) is 44.3 Å². The molecule has 0 atom stereocenters. The molecular weight excluding hydrogens is 278 g/mol. The summed E-state index contributed by atoms with van der Waals surface area (Å²) >= 11 is 0. The van der Waals surface area contributed by atoms with Gasteiger partial charge in [-0.25, -0.2) is 0 Å². The summed E-state index contributed by atoms with van der Waals surface area (Å²) in [4.78, 5) is 12.3. The van der Waals surface area contributed by atoms with Crippen LogP contribution in [0.2, 0.25) is 0 Å². The molecule has 2 heterocycles. The number of aromatic nitrogens is 4. The number of aryl methyl sites for hydroxylation is 1. The molecule has 3 rings (SSSR count). The molecule has 1 aromatic carbocycles. The lowest BCUT2D eigenvalue weighted by Gasteiger charge is -2.09. The van der Waals surface area contributed by atoms with Crippen molar-refractivity contribution in [1.29, 1.82) is 0 Å². The molecule has 2 aromatic heterocycles. The molecule has 1 N–H and O–H groups in total. The zero-order chi connectivity index (χ0) is 15.5. The Bertz CT molecular complexity index is 789. The number of rotatable bonds is 4. The number of nitrogens with one attached hydrogen (secondary N) is 1. The fraction of sp³-hybridized carbons (Fsp3) is 0.188. The number of carbonyl (C=O) groups excluding carboxylic acids is 1. The Morgan fingerprint density at radius 2 is 2.00 bits per heavy atom. The van der Waals surface area contributed by atoms with Crippen molar-refractivity contribution < 1.29 is 4.79 Å². The number of carbonyl (C=O) groups is 1. The molecule has 0 aliphatic heterocycles. The highest BCUT2D eigenvalue weighted by molar-refractivity contribution is 6.03. The van der Waals surface area contributed by atoms with Crippen LogP contribution in [0.4, 0.5) is 5.69 Å². The van der Waals surface area contributed by atoms with E-state index >= 15 is 0 Å². The van der Waals surface area contributed by atoms with Gasteiger partial charge in [0.2, 0.25) is 0 Å². The summed E-state index contributed by atoms with van der Waals surface area (Å²) in [7, 11) is 0. The Labute approximate surface area is 128 Å². The van der Waals surface area contributed by atoms with Crippen molar-refractivity contribution in [3.63, 3.8) is 0 Å². The molecule has 0 bridgehead atoms. The molecule has 0 aliphatic rings. The van der Waals surface area contributed by atoms with Crippen LogP contribution in [0.25, 0.3) is 0 Å². The maximum Gasteiger partial charge on any atom is 0.276 e. The quantitative estimate of drug-likeness (QED) is 0.804. The standard InChI is InChI=1S/C16H17N5O/c1-12-5-3-6-14(13(12)2)18-16(22)15-7-10-21(19-15)11-20-9-4-8-17-20/h3-10H,11H2,1-2H3,(H,18,22). The smallest absolute Gasteiger partial charge is 0.276 e. The molecule has 0 spiro atoms. The largest absolute Gasteiger partial charge is 0.320 e. The van der Waals surface area contributed by atoms with Crippen molar-refractivity contribution in [2.45, 2.75) is 20.5 Å². The summed E-state index contributed by atoms with van der Waals surface area (Å²) in [6, 6.07) is 9.38. The SMILES string of the molecule is Cc1cccc(NC(=O)c2ccn(Cn3cccn3)n2)c1C. The summed E-state index contributed by atoms with van der Waals surface area (Å²) in [5, 5.41) is 11.3. The summed E-state index contributed by atoms with van der Waals surface area (Å²) < 4.78 is 3.41. The van der Waals surface area contributed by atoms with Crippen LogP contribution in [-0.2, 0) is 6.67 Å². The van der Waals surface area contributed by atoms with Crippen LogP contribution < -0.4 is 5.32 Å². The van der Waals surface area contributed by atoms with Gasteiger partial charge in [0.05, 0.1) is 0 Å². The number of anilines is 1. The van der Waals surface area contributed by atoms with Gasteiger partial charge in [0.1, 0.15) is 6.67 Å². The van der Waals surface area contributed by atoms with Crippen LogP contribution in [0.15, 0.2) is 48.9 Å². The van der Waals surface area contributed by atoms with Gasteiger partial charge in [0.25, 0.3) is 5.91 Å². The Hall–Kier alpha value is -2.89. The van der Waals surface area contributed by atoms with E-state index in [0.29, 0.717) is 12.4 Å². The van der Waals surface area contributed by atoms with Gasteiger partial charge in [-0.05, 0) is 43.2 Å². The molecule has 0 radical (unpaired) electrons. The first kappa shape index (κ1) is 14.1. The van der Waals surface area contributed by atoms with Crippen molar-refractivity contribution in [2.24, 2.45) is 0 Å². The number of amides is 1. The maximum atomic E-state index is 12.3. The van der Waals surface area contributed by atoms with Gasteiger partial charge >= 0.3 is 0 Å². The van der Waals surface area contributed by atoms with Gasteiger partial charge in [0, 0.05) is 24.3 Å². The van der Waals surface area contributed by atoms with Gasteiger partial charge in [-0.15, -0.1) is 0 Å². The second-order valence-corrected chi connectivity index (χ2v) is 5.13. The first-order chi connectivity index (χ1) is 10.6. The second kappa shape index (κ2) is 5.85. The van der Waals surface area contributed by atoms with Gasteiger partial charge < -0.3 is 5.32 Å². The average molecular weight is 295 g/mol. The Balaban J connectivity index is 1.73. The lowest BCUT2D eigenvalue weighted by molar-refractivity contribution is 0.102. The number of benzene rings is 1. The second-order valence-electron chi connectivity index (χ2n) is 5.13. The van der Waals surface area contributed by atoms with Crippen LogP contribution in [0.3, 0.4) is 0 Å². The summed E-state index contributed by atoms with van der Waals surface area (Å²) in [6.45, 7) is 4.48. The lowest BCUT2D eigenvalue weighted by atomic mass is 10.1. The Morgan fingerprint density at radius 1 is 1.14 bits per heavy atom. The number of hydrogen-bond donors (Lipinski definition) is 1. The Kier molecular flexibility index (Phi) is 3.74. The van der Waals surface area contributed by atoms with Gasteiger partial charge in [-0.1, -0.05) is 12.1 Å². The van der Waals surface area contributed by atoms with E-state index in [1.54, 1.807) is 27.8 Å². The van der Waals surface area contributed by atoms with E-state index in [4.69, 9.17) is 0 Å². The van der Waals surface area contributed by atoms with Crippen molar-refractivity contribution in [3.8, 4) is 0 Å². The fourth-order valence-corrected chi connectivity index (χ4v) is 2.17. The molecule has 6 heteroatoms. The highest BCUT2D eigenvalue weighted by Gasteiger charge is 2.11. The predicted molar refractivity (Wildman–Crippen MR) is 83.7 cm³/mol. The zero-order valence-corrected chi connectivity index (χ0v) is 12.5. The molecule has 3 aromatic rings. The zero-order valence-electron chi connectivity index (χ0n) is 12.5. The molecule has 1 amide bonds. The Morgan fingerprint density at radius 3 is 2.77 bits per heavy atom. The average Bonchev–Trinajstić information content (AvgIpc) is 3.16. The molecule has 0 unspecified atom stereocenters. The van der Waals surface area contributed by atoms with Crippen LogP contribution >= 0.6 is 0 Å². The molecule has 22 heavy (non-hydrogen) atoms. The monoisotopic (exact) mass is 295 g/mol. The van der Waals surface area contributed by atoms with Crippen LogP contribution in [0.5, 0.6) is 0 Å². The molecule has 0 fully saturated rings. The predicted octanol–water partition coefficient (Wildman–Crippen LogP) is 2.45. The number of nitrogens with zero attached hydrogens (tertiary/aromatic N) is 4. The highest BCUT2D eigenvalue weighted by atomic mass is 16.1. The van der Waals surface area contributed by atoms with Crippen LogP contribution in [0, 0.1) is 13.8 Å². The number of hydrogen-bond acceptors (Lipinski definition) is 3. The molecule has 0 saturated heterocycles. The molecule has 0 saturated carbocycles.